The molecule has 1 aromatic carbocycles. The number of hydrogen-bond donors (Lipinski definition) is 0. The third-order valence-electron chi connectivity index (χ3n) is 2.71. The molecule has 0 aliphatic rings. The van der Waals surface area contributed by atoms with Crippen LogP contribution in [0.4, 0.5) is 0 Å². The van der Waals surface area contributed by atoms with Crippen LogP contribution >= 0.6 is 0 Å². The third kappa shape index (κ3) is 5.72. The van der Waals surface area contributed by atoms with Crippen LogP contribution in [-0.2, 0) is 19.9 Å². The molecule has 0 saturated carbocycles. The van der Waals surface area contributed by atoms with Gasteiger partial charge in [0.15, 0.2) is 6.61 Å². The molecule has 0 bridgehead atoms. The van der Waals surface area contributed by atoms with E-state index >= 15 is 0 Å². The Morgan fingerprint density at radius 1 is 1.20 bits per heavy atom. The van der Waals surface area contributed by atoms with Crippen molar-refractivity contribution in [3.8, 4) is 0 Å². The fourth-order valence-corrected chi connectivity index (χ4v) is 1.54. The first-order chi connectivity index (χ1) is 9.45. The van der Waals surface area contributed by atoms with Crippen molar-refractivity contribution in [2.24, 2.45) is 0 Å². The van der Waals surface area contributed by atoms with Crippen molar-refractivity contribution < 1.29 is 19.3 Å². The van der Waals surface area contributed by atoms with Gasteiger partial charge in [-0.15, -0.1) is 0 Å². The second kappa shape index (κ2) is 8.02. The minimum Gasteiger partial charge on any atom is -0.378 e. The van der Waals surface area contributed by atoms with Crippen LogP contribution in [0.3, 0.4) is 0 Å². The molecule has 0 atom stereocenters. The maximum atomic E-state index is 11.7. The van der Waals surface area contributed by atoms with Gasteiger partial charge in [0.2, 0.25) is 0 Å². The van der Waals surface area contributed by atoms with Gasteiger partial charge in [0.1, 0.15) is 0 Å². The van der Waals surface area contributed by atoms with Gasteiger partial charge >= 0.3 is 5.97 Å². The Morgan fingerprint density at radius 2 is 1.85 bits per heavy atom. The van der Waals surface area contributed by atoms with Crippen LogP contribution in [0.25, 0.3) is 0 Å². The van der Waals surface area contributed by atoms with E-state index in [4.69, 9.17) is 9.62 Å². The lowest BCUT2D eigenvalue weighted by atomic mass is 9.87. The Morgan fingerprint density at radius 3 is 2.40 bits per heavy atom. The fraction of sp³-hybridized carbons (Fsp3) is 0.500. The highest BCUT2D eigenvalue weighted by Crippen LogP contribution is 2.22. The summed E-state index contributed by atoms with van der Waals surface area (Å²) in [5, 5.41) is 0. The van der Waals surface area contributed by atoms with E-state index in [1.54, 1.807) is 12.1 Å². The Labute approximate surface area is 121 Å². The lowest BCUT2D eigenvalue weighted by Gasteiger charge is -2.18. The summed E-state index contributed by atoms with van der Waals surface area (Å²) in [4.78, 5) is 21.0. The Hall–Kier alpha value is -1.39. The molecule has 0 aliphatic heterocycles. The molecule has 111 valence electrons. The molecule has 0 N–H and O–H groups in total. The second-order valence-electron chi connectivity index (χ2n) is 5.54. The van der Waals surface area contributed by atoms with Crippen LogP contribution in [-0.4, -0.2) is 19.2 Å². The van der Waals surface area contributed by atoms with E-state index in [-0.39, 0.29) is 5.41 Å². The standard InChI is InChI=1S/C16H23O4/c1-5-10-18-11-12-19-20-15(17)13-6-8-14(9-7-13)16(2,3)4/h6-9,12H,5,10-11H2,1-4H3. The van der Waals surface area contributed by atoms with E-state index in [0.717, 1.165) is 12.0 Å². The zero-order chi connectivity index (χ0) is 15.0. The van der Waals surface area contributed by atoms with Gasteiger partial charge in [0.25, 0.3) is 0 Å². The first-order valence-electron chi connectivity index (χ1n) is 6.82. The van der Waals surface area contributed by atoms with Gasteiger partial charge in [-0.3, -0.25) is 4.89 Å². The van der Waals surface area contributed by atoms with Gasteiger partial charge in [-0.1, -0.05) is 39.8 Å². The van der Waals surface area contributed by atoms with Crippen LogP contribution in [0.1, 0.15) is 50.0 Å². The van der Waals surface area contributed by atoms with Crippen molar-refractivity contribution in [1.82, 2.24) is 0 Å². The summed E-state index contributed by atoms with van der Waals surface area (Å²) in [6, 6.07) is 7.31. The highest BCUT2D eigenvalue weighted by molar-refractivity contribution is 5.88. The van der Waals surface area contributed by atoms with Gasteiger partial charge in [-0.05, 0) is 29.5 Å². The average Bonchev–Trinajstić information content (AvgIpc) is 2.41. The average molecular weight is 279 g/mol. The minimum atomic E-state index is -0.516. The summed E-state index contributed by atoms with van der Waals surface area (Å²) in [7, 11) is 0. The minimum absolute atomic E-state index is 0.0589. The zero-order valence-corrected chi connectivity index (χ0v) is 12.6. The topological polar surface area (TPSA) is 44.8 Å². The van der Waals surface area contributed by atoms with Gasteiger partial charge in [0.05, 0.1) is 12.2 Å². The summed E-state index contributed by atoms with van der Waals surface area (Å²) >= 11 is 0. The van der Waals surface area contributed by atoms with E-state index in [1.807, 2.05) is 19.1 Å². The summed E-state index contributed by atoms with van der Waals surface area (Å²) in [5.41, 5.74) is 1.68. The van der Waals surface area contributed by atoms with Gasteiger partial charge < -0.3 is 4.74 Å². The predicted molar refractivity (Wildman–Crippen MR) is 77.1 cm³/mol. The van der Waals surface area contributed by atoms with E-state index in [0.29, 0.717) is 18.8 Å². The number of benzene rings is 1. The van der Waals surface area contributed by atoms with Crippen molar-refractivity contribution in [1.29, 1.82) is 0 Å². The molecule has 1 aromatic rings. The third-order valence-corrected chi connectivity index (χ3v) is 2.71. The Bertz CT molecular complexity index is 403. The number of hydrogen-bond acceptors (Lipinski definition) is 4. The number of ether oxygens (including phenoxy) is 1. The molecule has 4 nitrogen and oxygen atoms in total. The van der Waals surface area contributed by atoms with Crippen LogP contribution in [0, 0.1) is 6.61 Å². The quantitative estimate of drug-likeness (QED) is 0.434. The van der Waals surface area contributed by atoms with Crippen LogP contribution in [0.15, 0.2) is 24.3 Å². The molecule has 0 aliphatic carbocycles. The molecular formula is C16H23O4. The SMILES string of the molecule is CCCOC[CH]OOC(=O)c1ccc(C(C)(C)C)cc1. The predicted octanol–water partition coefficient (Wildman–Crippen LogP) is 3.66. The number of rotatable bonds is 7. The van der Waals surface area contributed by atoms with Gasteiger partial charge in [-0.2, -0.15) is 4.89 Å². The van der Waals surface area contributed by atoms with Crippen molar-refractivity contribution in [2.75, 3.05) is 13.2 Å². The monoisotopic (exact) mass is 279 g/mol. The van der Waals surface area contributed by atoms with E-state index in [2.05, 4.69) is 25.7 Å². The smallest absolute Gasteiger partial charge is 0.373 e. The summed E-state index contributed by atoms with van der Waals surface area (Å²) in [5.74, 6) is -0.516. The molecule has 0 spiro atoms. The highest BCUT2D eigenvalue weighted by atomic mass is 17.2. The largest absolute Gasteiger partial charge is 0.378 e. The van der Waals surface area contributed by atoms with Gasteiger partial charge in [-0.25, -0.2) is 4.79 Å². The molecule has 4 heteroatoms. The lowest BCUT2D eigenvalue weighted by molar-refractivity contribution is -0.218. The summed E-state index contributed by atoms with van der Waals surface area (Å²) in [6.45, 7) is 10.6. The van der Waals surface area contributed by atoms with Crippen molar-refractivity contribution >= 4 is 5.97 Å². The van der Waals surface area contributed by atoms with Crippen LogP contribution < -0.4 is 0 Å². The Kier molecular flexibility index (Phi) is 6.68. The normalized spacial score (nSPS) is 11.4. The molecule has 0 unspecified atom stereocenters. The van der Waals surface area contributed by atoms with E-state index < -0.39 is 5.97 Å². The number of carbonyl (C=O) groups is 1. The number of carbonyl (C=O) groups excluding carboxylic acids is 1. The lowest BCUT2D eigenvalue weighted by Crippen LogP contribution is -2.12. The van der Waals surface area contributed by atoms with E-state index in [1.165, 1.54) is 6.61 Å². The van der Waals surface area contributed by atoms with Crippen molar-refractivity contribution in [3.63, 3.8) is 0 Å². The maximum absolute atomic E-state index is 11.7. The van der Waals surface area contributed by atoms with Crippen LogP contribution in [0.2, 0.25) is 0 Å². The molecule has 20 heavy (non-hydrogen) atoms. The molecule has 0 heterocycles. The van der Waals surface area contributed by atoms with Crippen molar-refractivity contribution in [2.45, 2.75) is 39.5 Å². The molecule has 1 radical (unpaired) electrons. The molecule has 1 rings (SSSR count). The first-order valence-corrected chi connectivity index (χ1v) is 6.82. The van der Waals surface area contributed by atoms with Crippen molar-refractivity contribution in [3.05, 3.63) is 42.0 Å². The molecule has 0 fully saturated rings. The molecule has 0 amide bonds. The highest BCUT2D eigenvalue weighted by Gasteiger charge is 2.15. The summed E-state index contributed by atoms with van der Waals surface area (Å²) < 4.78 is 5.15. The first kappa shape index (κ1) is 16.7. The van der Waals surface area contributed by atoms with Gasteiger partial charge in [0, 0.05) is 6.61 Å². The van der Waals surface area contributed by atoms with Crippen LogP contribution in [0.5, 0.6) is 0 Å². The Balaban J connectivity index is 2.37. The molecular weight excluding hydrogens is 256 g/mol. The maximum Gasteiger partial charge on any atom is 0.373 e. The zero-order valence-electron chi connectivity index (χ0n) is 12.6. The summed E-state index contributed by atoms with van der Waals surface area (Å²) in [6.07, 6.45) is 0.938. The molecule has 0 aromatic heterocycles. The fourth-order valence-electron chi connectivity index (χ4n) is 1.54. The second-order valence-corrected chi connectivity index (χ2v) is 5.54. The molecule has 0 saturated heterocycles. The van der Waals surface area contributed by atoms with E-state index in [9.17, 15) is 4.79 Å².